The SMILES string of the molecule is COc1cc(NC(=O)[C@H](C)NC(=O)c2ccc(Cl)cc2)ccc1N1CCCC1=O. The average Bonchev–Trinajstić information content (AvgIpc) is 3.13. The number of nitrogens with one attached hydrogen (secondary N) is 2. The molecular formula is C21H22ClN3O4. The summed E-state index contributed by atoms with van der Waals surface area (Å²) in [5.74, 6) is -0.196. The van der Waals surface area contributed by atoms with Gasteiger partial charge in [0.25, 0.3) is 5.91 Å². The predicted octanol–water partition coefficient (Wildman–Crippen LogP) is 3.23. The number of anilines is 2. The molecule has 0 unspecified atom stereocenters. The van der Waals surface area contributed by atoms with Gasteiger partial charge in [-0.3, -0.25) is 14.4 Å². The van der Waals surface area contributed by atoms with Gasteiger partial charge in [0.15, 0.2) is 0 Å². The van der Waals surface area contributed by atoms with Gasteiger partial charge < -0.3 is 20.3 Å². The van der Waals surface area contributed by atoms with Gasteiger partial charge in [-0.2, -0.15) is 0 Å². The first-order valence-corrected chi connectivity index (χ1v) is 9.62. The lowest BCUT2D eigenvalue weighted by Gasteiger charge is -2.20. The van der Waals surface area contributed by atoms with Gasteiger partial charge >= 0.3 is 0 Å². The van der Waals surface area contributed by atoms with Gasteiger partial charge in [0.2, 0.25) is 11.8 Å². The lowest BCUT2D eigenvalue weighted by Crippen LogP contribution is -2.41. The zero-order chi connectivity index (χ0) is 21.0. The van der Waals surface area contributed by atoms with Gasteiger partial charge in [0.1, 0.15) is 11.8 Å². The Labute approximate surface area is 174 Å². The molecule has 0 aromatic heterocycles. The maximum Gasteiger partial charge on any atom is 0.251 e. The molecule has 0 aliphatic carbocycles. The summed E-state index contributed by atoms with van der Waals surface area (Å²) in [5, 5.41) is 5.93. The fourth-order valence-electron chi connectivity index (χ4n) is 3.08. The van der Waals surface area contributed by atoms with Gasteiger partial charge in [0.05, 0.1) is 12.8 Å². The number of methoxy groups -OCH3 is 1. The van der Waals surface area contributed by atoms with Crippen molar-refractivity contribution in [2.45, 2.75) is 25.8 Å². The summed E-state index contributed by atoms with van der Waals surface area (Å²) in [6.07, 6.45) is 1.33. The van der Waals surface area contributed by atoms with E-state index in [0.717, 1.165) is 6.42 Å². The minimum atomic E-state index is -0.760. The Morgan fingerprint density at radius 3 is 2.52 bits per heavy atom. The fourth-order valence-corrected chi connectivity index (χ4v) is 3.20. The highest BCUT2D eigenvalue weighted by Crippen LogP contribution is 2.33. The van der Waals surface area contributed by atoms with Crippen molar-refractivity contribution in [3.05, 3.63) is 53.1 Å². The number of hydrogen-bond acceptors (Lipinski definition) is 4. The van der Waals surface area contributed by atoms with Crippen LogP contribution in [0.5, 0.6) is 5.75 Å². The van der Waals surface area contributed by atoms with Crippen LogP contribution in [0.25, 0.3) is 0 Å². The van der Waals surface area contributed by atoms with Gasteiger partial charge in [-0.25, -0.2) is 0 Å². The third kappa shape index (κ3) is 4.86. The normalized spacial score (nSPS) is 14.4. The first-order valence-electron chi connectivity index (χ1n) is 9.24. The summed E-state index contributed by atoms with van der Waals surface area (Å²) in [4.78, 5) is 38.4. The summed E-state index contributed by atoms with van der Waals surface area (Å²) in [6.45, 7) is 2.24. The second kappa shape index (κ2) is 8.96. The van der Waals surface area contributed by atoms with Gasteiger partial charge in [-0.05, 0) is 49.7 Å². The molecule has 1 saturated heterocycles. The van der Waals surface area contributed by atoms with Gasteiger partial charge in [-0.1, -0.05) is 11.6 Å². The molecule has 8 heteroatoms. The van der Waals surface area contributed by atoms with Crippen LogP contribution in [-0.2, 0) is 9.59 Å². The van der Waals surface area contributed by atoms with E-state index >= 15 is 0 Å². The Morgan fingerprint density at radius 2 is 1.90 bits per heavy atom. The molecular weight excluding hydrogens is 394 g/mol. The zero-order valence-corrected chi connectivity index (χ0v) is 17.0. The van der Waals surface area contributed by atoms with Crippen molar-refractivity contribution in [3.8, 4) is 5.75 Å². The highest BCUT2D eigenvalue weighted by molar-refractivity contribution is 6.30. The molecule has 2 N–H and O–H groups in total. The molecule has 2 aromatic carbocycles. The van der Waals surface area contributed by atoms with E-state index in [1.54, 1.807) is 54.3 Å². The minimum Gasteiger partial charge on any atom is -0.494 e. The molecule has 152 valence electrons. The van der Waals surface area contributed by atoms with Crippen LogP contribution in [0.4, 0.5) is 11.4 Å². The lowest BCUT2D eigenvalue weighted by atomic mass is 10.2. The van der Waals surface area contributed by atoms with Gasteiger partial charge in [0, 0.05) is 35.3 Å². The molecule has 0 radical (unpaired) electrons. The number of rotatable bonds is 6. The average molecular weight is 416 g/mol. The first-order chi connectivity index (χ1) is 13.9. The van der Waals surface area contributed by atoms with Crippen molar-refractivity contribution in [2.75, 3.05) is 23.9 Å². The first kappa shape index (κ1) is 20.7. The number of nitrogens with zero attached hydrogens (tertiary/aromatic N) is 1. The third-order valence-electron chi connectivity index (χ3n) is 4.66. The predicted molar refractivity (Wildman–Crippen MR) is 112 cm³/mol. The summed E-state index contributed by atoms with van der Waals surface area (Å²) < 4.78 is 5.40. The molecule has 1 fully saturated rings. The number of ether oxygens (including phenoxy) is 1. The van der Waals surface area contributed by atoms with Gasteiger partial charge in [-0.15, -0.1) is 0 Å². The second-order valence-corrected chi connectivity index (χ2v) is 7.16. The van der Waals surface area contributed by atoms with E-state index in [-0.39, 0.29) is 17.7 Å². The van der Waals surface area contributed by atoms with Crippen LogP contribution in [0, 0.1) is 0 Å². The molecule has 1 aliphatic rings. The van der Waals surface area contributed by atoms with Crippen molar-refractivity contribution in [1.82, 2.24) is 5.32 Å². The summed E-state index contributed by atoms with van der Waals surface area (Å²) in [6, 6.07) is 10.7. The van der Waals surface area contributed by atoms with Crippen molar-refractivity contribution >= 4 is 40.7 Å². The van der Waals surface area contributed by atoms with Crippen LogP contribution >= 0.6 is 11.6 Å². The number of benzene rings is 2. The van der Waals surface area contributed by atoms with Crippen molar-refractivity contribution in [3.63, 3.8) is 0 Å². The van der Waals surface area contributed by atoms with E-state index in [9.17, 15) is 14.4 Å². The van der Waals surface area contributed by atoms with E-state index in [1.807, 2.05) is 0 Å². The molecule has 29 heavy (non-hydrogen) atoms. The molecule has 0 spiro atoms. The highest BCUT2D eigenvalue weighted by Gasteiger charge is 2.25. The fraction of sp³-hybridized carbons (Fsp3) is 0.286. The lowest BCUT2D eigenvalue weighted by molar-refractivity contribution is -0.118. The molecule has 3 rings (SSSR count). The summed E-state index contributed by atoms with van der Waals surface area (Å²) >= 11 is 5.82. The molecule has 1 heterocycles. The molecule has 0 saturated carbocycles. The number of carbonyl (C=O) groups is 3. The maximum absolute atomic E-state index is 12.5. The standard InChI is InChI=1S/C21H22ClN3O4/c1-13(23-21(28)14-5-7-15(22)8-6-14)20(27)24-16-9-10-17(18(12-16)29-2)25-11-3-4-19(25)26/h5-10,12-13H,3-4,11H2,1-2H3,(H,23,28)(H,24,27)/t13-/m0/s1. The van der Waals surface area contributed by atoms with Crippen LogP contribution in [0.1, 0.15) is 30.1 Å². The number of halogens is 1. The van der Waals surface area contributed by atoms with Crippen molar-refractivity contribution < 1.29 is 19.1 Å². The second-order valence-electron chi connectivity index (χ2n) is 6.73. The Bertz CT molecular complexity index is 930. The summed E-state index contributed by atoms with van der Waals surface area (Å²) in [7, 11) is 1.51. The number of carbonyl (C=O) groups excluding carboxylic acids is 3. The molecule has 1 atom stereocenters. The van der Waals surface area contributed by atoms with Crippen LogP contribution < -0.4 is 20.3 Å². The van der Waals surface area contributed by atoms with Crippen molar-refractivity contribution in [2.24, 2.45) is 0 Å². The smallest absolute Gasteiger partial charge is 0.251 e. The Hall–Kier alpha value is -3.06. The Balaban J connectivity index is 1.65. The highest BCUT2D eigenvalue weighted by atomic mass is 35.5. The zero-order valence-electron chi connectivity index (χ0n) is 16.2. The van der Waals surface area contributed by atoms with Crippen molar-refractivity contribution in [1.29, 1.82) is 0 Å². The molecule has 3 amide bonds. The quantitative estimate of drug-likeness (QED) is 0.758. The summed E-state index contributed by atoms with van der Waals surface area (Å²) in [5.41, 5.74) is 1.60. The molecule has 0 bridgehead atoms. The van der Waals surface area contributed by atoms with E-state index in [0.29, 0.717) is 40.7 Å². The number of amides is 3. The van der Waals surface area contributed by atoms with Crippen LogP contribution in [0.3, 0.4) is 0 Å². The number of hydrogen-bond donors (Lipinski definition) is 2. The largest absolute Gasteiger partial charge is 0.494 e. The van der Waals surface area contributed by atoms with E-state index < -0.39 is 6.04 Å². The topological polar surface area (TPSA) is 87.7 Å². The van der Waals surface area contributed by atoms with E-state index in [1.165, 1.54) is 7.11 Å². The Kier molecular flexibility index (Phi) is 6.39. The monoisotopic (exact) mass is 415 g/mol. The maximum atomic E-state index is 12.5. The van der Waals surface area contributed by atoms with E-state index in [4.69, 9.17) is 16.3 Å². The molecule has 7 nitrogen and oxygen atoms in total. The third-order valence-corrected chi connectivity index (χ3v) is 4.91. The van der Waals surface area contributed by atoms with Crippen LogP contribution in [-0.4, -0.2) is 37.4 Å². The van der Waals surface area contributed by atoms with E-state index in [2.05, 4.69) is 10.6 Å². The Morgan fingerprint density at radius 1 is 1.17 bits per heavy atom. The molecule has 1 aliphatic heterocycles. The van der Waals surface area contributed by atoms with Crippen LogP contribution in [0.15, 0.2) is 42.5 Å². The minimum absolute atomic E-state index is 0.0543. The van der Waals surface area contributed by atoms with Crippen LogP contribution in [0.2, 0.25) is 5.02 Å². The molecule has 2 aromatic rings.